The molecule has 0 saturated heterocycles. The first-order valence-corrected chi connectivity index (χ1v) is 11.3. The average molecular weight is 481 g/mol. The molecule has 1 aromatic heterocycles. The van der Waals surface area contributed by atoms with Crippen LogP contribution in [0.25, 0.3) is 11.1 Å². The fourth-order valence-electron chi connectivity index (χ4n) is 3.49. The van der Waals surface area contributed by atoms with Crippen LogP contribution in [0.4, 0.5) is 5.82 Å². The standard InChI is InChI=1S/C25H25ClN4O4/c1-16(31)28-10-9-27-14-17-5-8-23(29-15-17)30-25(32)20-4-2-3-19(24(20)26)18-6-7-21-22(13-18)34-12-11-33-21/h2-8,13,15,27H,9-12,14H2,1H3,(H,28,31)(H,29,30,32). The third-order valence-electron chi connectivity index (χ3n) is 5.17. The summed E-state index contributed by atoms with van der Waals surface area (Å²) in [5.74, 6) is 1.37. The van der Waals surface area contributed by atoms with Gasteiger partial charge in [-0.1, -0.05) is 35.9 Å². The third-order valence-corrected chi connectivity index (χ3v) is 5.57. The fourth-order valence-corrected chi connectivity index (χ4v) is 3.81. The van der Waals surface area contributed by atoms with Gasteiger partial charge in [-0.25, -0.2) is 4.98 Å². The largest absolute Gasteiger partial charge is 0.486 e. The highest BCUT2D eigenvalue weighted by Gasteiger charge is 2.18. The Morgan fingerprint density at radius 3 is 2.62 bits per heavy atom. The van der Waals surface area contributed by atoms with E-state index in [4.69, 9.17) is 21.1 Å². The second-order valence-corrected chi connectivity index (χ2v) is 8.07. The Morgan fingerprint density at radius 1 is 1.03 bits per heavy atom. The lowest BCUT2D eigenvalue weighted by molar-refractivity contribution is -0.118. The van der Waals surface area contributed by atoms with E-state index in [1.165, 1.54) is 6.92 Å². The molecule has 0 saturated carbocycles. The van der Waals surface area contributed by atoms with Crippen LogP contribution in [-0.2, 0) is 11.3 Å². The summed E-state index contributed by atoms with van der Waals surface area (Å²) in [6.07, 6.45) is 1.69. The number of fused-ring (bicyclic) bond motifs is 1. The Kier molecular flexibility index (Phi) is 7.61. The van der Waals surface area contributed by atoms with Crippen molar-refractivity contribution in [2.24, 2.45) is 0 Å². The number of ether oxygens (including phenoxy) is 2. The molecule has 4 rings (SSSR count). The van der Waals surface area contributed by atoms with Crippen molar-refractivity contribution in [3.63, 3.8) is 0 Å². The monoisotopic (exact) mass is 480 g/mol. The molecule has 9 heteroatoms. The Balaban J connectivity index is 1.40. The Bertz CT molecular complexity index is 1180. The predicted octanol–water partition coefficient (Wildman–Crippen LogP) is 3.65. The summed E-state index contributed by atoms with van der Waals surface area (Å²) in [6.45, 7) is 4.31. The van der Waals surface area contributed by atoms with Crippen molar-refractivity contribution >= 4 is 29.2 Å². The van der Waals surface area contributed by atoms with E-state index in [1.54, 1.807) is 24.4 Å². The molecule has 0 fully saturated rings. The second-order valence-electron chi connectivity index (χ2n) is 7.69. The highest BCUT2D eigenvalue weighted by molar-refractivity contribution is 6.37. The number of rotatable bonds is 8. The molecule has 0 spiro atoms. The number of benzene rings is 2. The number of nitrogens with one attached hydrogen (secondary N) is 3. The van der Waals surface area contributed by atoms with Crippen LogP contribution in [0.15, 0.2) is 54.7 Å². The third kappa shape index (κ3) is 5.84. The summed E-state index contributed by atoms with van der Waals surface area (Å²) < 4.78 is 11.2. The van der Waals surface area contributed by atoms with E-state index in [2.05, 4.69) is 20.9 Å². The number of nitrogens with zero attached hydrogens (tertiary/aromatic N) is 1. The first kappa shape index (κ1) is 23.5. The zero-order valence-electron chi connectivity index (χ0n) is 18.7. The summed E-state index contributed by atoms with van der Waals surface area (Å²) in [5.41, 5.74) is 2.86. The van der Waals surface area contributed by atoms with E-state index in [9.17, 15) is 9.59 Å². The number of carbonyl (C=O) groups is 2. The molecule has 0 bridgehead atoms. The van der Waals surface area contributed by atoms with Crippen LogP contribution in [0.5, 0.6) is 11.5 Å². The molecule has 2 heterocycles. The van der Waals surface area contributed by atoms with Crippen LogP contribution in [-0.4, -0.2) is 43.1 Å². The van der Waals surface area contributed by atoms with Gasteiger partial charge in [0.15, 0.2) is 11.5 Å². The van der Waals surface area contributed by atoms with Crippen LogP contribution < -0.4 is 25.4 Å². The topological polar surface area (TPSA) is 102 Å². The maximum Gasteiger partial charge on any atom is 0.258 e. The van der Waals surface area contributed by atoms with E-state index < -0.39 is 0 Å². The smallest absolute Gasteiger partial charge is 0.258 e. The summed E-state index contributed by atoms with van der Waals surface area (Å²) in [7, 11) is 0. The second kappa shape index (κ2) is 11.0. The Hall–Kier alpha value is -3.62. The van der Waals surface area contributed by atoms with Gasteiger partial charge >= 0.3 is 0 Å². The molecule has 0 unspecified atom stereocenters. The molecule has 176 valence electrons. The first-order chi connectivity index (χ1) is 16.5. The number of hydrogen-bond acceptors (Lipinski definition) is 6. The van der Waals surface area contributed by atoms with Crippen LogP contribution in [0.2, 0.25) is 5.02 Å². The summed E-state index contributed by atoms with van der Waals surface area (Å²) in [6, 6.07) is 14.5. The number of hydrogen-bond donors (Lipinski definition) is 3. The molecular formula is C25H25ClN4O4. The number of amides is 2. The number of aromatic nitrogens is 1. The normalized spacial score (nSPS) is 12.2. The van der Waals surface area contributed by atoms with Crippen molar-refractivity contribution in [1.82, 2.24) is 15.6 Å². The lowest BCUT2D eigenvalue weighted by atomic mass is 10.0. The van der Waals surface area contributed by atoms with Crippen molar-refractivity contribution in [3.8, 4) is 22.6 Å². The average Bonchev–Trinajstić information content (AvgIpc) is 2.84. The van der Waals surface area contributed by atoms with Crippen LogP contribution in [0, 0.1) is 0 Å². The van der Waals surface area contributed by atoms with Crippen LogP contribution in [0.1, 0.15) is 22.8 Å². The summed E-state index contributed by atoms with van der Waals surface area (Å²) in [5, 5.41) is 9.08. The maximum absolute atomic E-state index is 12.9. The van der Waals surface area contributed by atoms with E-state index in [1.807, 2.05) is 30.3 Å². The van der Waals surface area contributed by atoms with Gasteiger partial charge in [0.2, 0.25) is 5.91 Å². The SMILES string of the molecule is CC(=O)NCCNCc1ccc(NC(=O)c2cccc(-c3ccc4c(c3)OCCO4)c2Cl)nc1. The minimum absolute atomic E-state index is 0.0551. The summed E-state index contributed by atoms with van der Waals surface area (Å²) in [4.78, 5) is 28.1. The van der Waals surface area contributed by atoms with Crippen molar-refractivity contribution in [1.29, 1.82) is 0 Å². The maximum atomic E-state index is 12.9. The van der Waals surface area contributed by atoms with Crippen LogP contribution in [0.3, 0.4) is 0 Å². The molecule has 0 radical (unpaired) electrons. The molecule has 2 aromatic carbocycles. The van der Waals surface area contributed by atoms with Crippen molar-refractivity contribution in [2.45, 2.75) is 13.5 Å². The van der Waals surface area contributed by atoms with Crippen molar-refractivity contribution in [3.05, 3.63) is 70.9 Å². The molecular weight excluding hydrogens is 456 g/mol. The molecule has 1 aliphatic rings. The van der Waals surface area contributed by atoms with Gasteiger partial charge in [0.1, 0.15) is 19.0 Å². The van der Waals surface area contributed by atoms with Gasteiger partial charge in [-0.3, -0.25) is 9.59 Å². The zero-order valence-corrected chi connectivity index (χ0v) is 19.4. The fraction of sp³-hybridized carbons (Fsp3) is 0.240. The number of halogens is 1. The van der Waals surface area contributed by atoms with Gasteiger partial charge in [0, 0.05) is 38.3 Å². The summed E-state index contributed by atoms with van der Waals surface area (Å²) >= 11 is 6.63. The van der Waals surface area contributed by atoms with Crippen LogP contribution >= 0.6 is 11.6 Å². The number of carbonyl (C=O) groups excluding carboxylic acids is 2. The Labute approximate surface area is 202 Å². The molecule has 3 aromatic rings. The number of pyridine rings is 1. The van der Waals surface area contributed by atoms with E-state index in [-0.39, 0.29) is 11.8 Å². The molecule has 1 aliphatic heterocycles. The minimum atomic E-state index is -0.349. The Morgan fingerprint density at radius 2 is 1.85 bits per heavy atom. The van der Waals surface area contributed by atoms with Gasteiger partial charge in [-0.15, -0.1) is 0 Å². The number of anilines is 1. The highest BCUT2D eigenvalue weighted by atomic mass is 35.5. The molecule has 0 atom stereocenters. The van der Waals surface area contributed by atoms with E-state index >= 15 is 0 Å². The van der Waals surface area contributed by atoms with Gasteiger partial charge in [-0.05, 0) is 35.4 Å². The lowest BCUT2D eigenvalue weighted by Gasteiger charge is -2.19. The minimum Gasteiger partial charge on any atom is -0.486 e. The van der Waals surface area contributed by atoms with E-state index in [0.29, 0.717) is 60.8 Å². The predicted molar refractivity (Wildman–Crippen MR) is 130 cm³/mol. The lowest BCUT2D eigenvalue weighted by Crippen LogP contribution is -2.29. The highest BCUT2D eigenvalue weighted by Crippen LogP contribution is 2.37. The molecule has 34 heavy (non-hydrogen) atoms. The molecule has 2 amide bonds. The van der Waals surface area contributed by atoms with Gasteiger partial charge in [-0.2, -0.15) is 0 Å². The first-order valence-electron chi connectivity index (χ1n) is 10.9. The van der Waals surface area contributed by atoms with Gasteiger partial charge < -0.3 is 25.4 Å². The zero-order chi connectivity index (χ0) is 23.9. The van der Waals surface area contributed by atoms with E-state index in [0.717, 1.165) is 16.7 Å². The molecule has 0 aliphatic carbocycles. The van der Waals surface area contributed by atoms with Gasteiger partial charge in [0.05, 0.1) is 10.6 Å². The quantitative estimate of drug-likeness (QED) is 0.425. The van der Waals surface area contributed by atoms with Gasteiger partial charge in [0.25, 0.3) is 5.91 Å². The van der Waals surface area contributed by atoms with Crippen molar-refractivity contribution in [2.75, 3.05) is 31.6 Å². The molecule has 3 N–H and O–H groups in total. The molecule has 8 nitrogen and oxygen atoms in total. The van der Waals surface area contributed by atoms with Crippen molar-refractivity contribution < 1.29 is 19.1 Å².